The highest BCUT2D eigenvalue weighted by Gasteiger charge is 2.24. The molecule has 0 atom stereocenters. The number of hydrogen-bond acceptors (Lipinski definition) is 5. The first-order valence-electron chi connectivity index (χ1n) is 8.10. The molecular formula is C21H19NO4. The number of ether oxygens (including phenoxy) is 3. The normalized spacial score (nSPS) is 14.8. The molecule has 132 valence electrons. The summed E-state index contributed by atoms with van der Waals surface area (Å²) in [4.78, 5) is 16.4. The fourth-order valence-corrected chi connectivity index (χ4v) is 2.37. The standard InChI is InChI=1S/C21H19NO4/c1-14(2)13-25-18-10-9-15(12-19(18)24-3)11-17-21(23)26-20(22-17)16-7-5-4-6-8-16/h4-12H,1,13H2,2-3H3/b17-11-. The number of methoxy groups -OCH3 is 1. The van der Waals surface area contributed by atoms with E-state index in [4.69, 9.17) is 14.2 Å². The van der Waals surface area contributed by atoms with E-state index in [1.165, 1.54) is 0 Å². The molecule has 2 aromatic carbocycles. The van der Waals surface area contributed by atoms with Crippen molar-refractivity contribution in [2.24, 2.45) is 4.99 Å². The predicted octanol–water partition coefficient (Wildman–Crippen LogP) is 3.99. The molecule has 3 rings (SSSR count). The smallest absolute Gasteiger partial charge is 0.363 e. The summed E-state index contributed by atoms with van der Waals surface area (Å²) in [6.07, 6.45) is 1.66. The number of cyclic esters (lactones) is 1. The Morgan fingerprint density at radius 2 is 1.96 bits per heavy atom. The Labute approximate surface area is 152 Å². The summed E-state index contributed by atoms with van der Waals surface area (Å²) in [5.74, 6) is 1.00. The molecule has 1 aliphatic heterocycles. The van der Waals surface area contributed by atoms with E-state index < -0.39 is 5.97 Å². The van der Waals surface area contributed by atoms with E-state index in [-0.39, 0.29) is 5.70 Å². The predicted molar refractivity (Wildman–Crippen MR) is 100 cm³/mol. The molecule has 0 unspecified atom stereocenters. The SMILES string of the molecule is C=C(C)COc1ccc(/C=C2\N=C(c3ccccc3)OC2=O)cc1OC. The molecule has 0 spiro atoms. The first-order chi connectivity index (χ1) is 12.6. The molecule has 0 amide bonds. The molecule has 0 bridgehead atoms. The monoisotopic (exact) mass is 349 g/mol. The van der Waals surface area contributed by atoms with Gasteiger partial charge in [-0.05, 0) is 48.4 Å². The minimum Gasteiger partial charge on any atom is -0.493 e. The number of nitrogens with zero attached hydrogens (tertiary/aromatic N) is 1. The van der Waals surface area contributed by atoms with Gasteiger partial charge in [-0.1, -0.05) is 30.8 Å². The van der Waals surface area contributed by atoms with Crippen molar-refractivity contribution in [2.75, 3.05) is 13.7 Å². The van der Waals surface area contributed by atoms with Crippen LogP contribution in [0.2, 0.25) is 0 Å². The highest BCUT2D eigenvalue weighted by Crippen LogP contribution is 2.30. The van der Waals surface area contributed by atoms with Crippen LogP contribution in [0.3, 0.4) is 0 Å². The number of benzene rings is 2. The molecule has 5 heteroatoms. The largest absolute Gasteiger partial charge is 0.493 e. The lowest BCUT2D eigenvalue weighted by molar-refractivity contribution is -0.129. The van der Waals surface area contributed by atoms with E-state index in [2.05, 4.69) is 11.6 Å². The Kier molecular flexibility index (Phi) is 5.17. The summed E-state index contributed by atoms with van der Waals surface area (Å²) in [5, 5.41) is 0. The molecule has 0 radical (unpaired) electrons. The second-order valence-electron chi connectivity index (χ2n) is 5.86. The average Bonchev–Trinajstić information content (AvgIpc) is 3.01. The van der Waals surface area contributed by atoms with E-state index >= 15 is 0 Å². The van der Waals surface area contributed by atoms with Crippen molar-refractivity contribution in [3.63, 3.8) is 0 Å². The van der Waals surface area contributed by atoms with Gasteiger partial charge < -0.3 is 14.2 Å². The molecule has 1 aliphatic rings. The van der Waals surface area contributed by atoms with Crippen molar-refractivity contribution in [1.82, 2.24) is 0 Å². The minimum absolute atomic E-state index is 0.238. The maximum absolute atomic E-state index is 12.1. The van der Waals surface area contributed by atoms with Crippen LogP contribution in [0, 0.1) is 0 Å². The lowest BCUT2D eigenvalue weighted by Crippen LogP contribution is -2.05. The number of carbonyl (C=O) groups excluding carboxylic acids is 1. The highest BCUT2D eigenvalue weighted by atomic mass is 16.6. The minimum atomic E-state index is -0.481. The van der Waals surface area contributed by atoms with Crippen molar-refractivity contribution >= 4 is 17.9 Å². The van der Waals surface area contributed by atoms with Crippen molar-refractivity contribution in [3.05, 3.63) is 77.5 Å². The van der Waals surface area contributed by atoms with Gasteiger partial charge in [0, 0.05) is 5.56 Å². The third-order valence-electron chi connectivity index (χ3n) is 3.61. The molecule has 0 saturated carbocycles. The molecule has 5 nitrogen and oxygen atoms in total. The van der Waals surface area contributed by atoms with Crippen LogP contribution in [0.4, 0.5) is 0 Å². The zero-order valence-corrected chi connectivity index (χ0v) is 14.7. The highest BCUT2D eigenvalue weighted by molar-refractivity contribution is 6.12. The van der Waals surface area contributed by atoms with Gasteiger partial charge in [-0.2, -0.15) is 0 Å². The van der Waals surface area contributed by atoms with Gasteiger partial charge in [0.15, 0.2) is 17.2 Å². The van der Waals surface area contributed by atoms with Crippen LogP contribution in [0.5, 0.6) is 11.5 Å². The first-order valence-corrected chi connectivity index (χ1v) is 8.10. The van der Waals surface area contributed by atoms with Gasteiger partial charge in [0.1, 0.15) is 6.61 Å². The van der Waals surface area contributed by atoms with Crippen LogP contribution in [0.15, 0.2) is 71.4 Å². The molecule has 0 fully saturated rings. The Morgan fingerprint density at radius 1 is 1.19 bits per heavy atom. The summed E-state index contributed by atoms with van der Waals surface area (Å²) in [6, 6.07) is 14.7. The van der Waals surface area contributed by atoms with Crippen molar-refractivity contribution in [2.45, 2.75) is 6.92 Å². The van der Waals surface area contributed by atoms with Crippen LogP contribution in [0.1, 0.15) is 18.1 Å². The van der Waals surface area contributed by atoms with E-state index in [1.807, 2.05) is 43.3 Å². The van der Waals surface area contributed by atoms with Gasteiger partial charge in [-0.3, -0.25) is 0 Å². The average molecular weight is 349 g/mol. The van der Waals surface area contributed by atoms with E-state index in [0.29, 0.717) is 24.0 Å². The number of esters is 1. The Morgan fingerprint density at radius 3 is 2.65 bits per heavy atom. The Bertz CT molecular complexity index is 897. The van der Waals surface area contributed by atoms with E-state index in [0.717, 1.165) is 16.7 Å². The number of rotatable bonds is 6. The molecule has 26 heavy (non-hydrogen) atoms. The maximum atomic E-state index is 12.1. The van der Waals surface area contributed by atoms with Gasteiger partial charge in [-0.25, -0.2) is 9.79 Å². The van der Waals surface area contributed by atoms with E-state index in [9.17, 15) is 4.79 Å². The maximum Gasteiger partial charge on any atom is 0.363 e. The van der Waals surface area contributed by atoms with Crippen LogP contribution < -0.4 is 9.47 Å². The molecule has 0 aliphatic carbocycles. The van der Waals surface area contributed by atoms with Gasteiger partial charge in [-0.15, -0.1) is 0 Å². The number of carbonyl (C=O) groups is 1. The van der Waals surface area contributed by atoms with Gasteiger partial charge >= 0.3 is 5.97 Å². The fraction of sp³-hybridized carbons (Fsp3) is 0.143. The second-order valence-corrected chi connectivity index (χ2v) is 5.86. The quantitative estimate of drug-likeness (QED) is 0.449. The zero-order valence-electron chi connectivity index (χ0n) is 14.7. The van der Waals surface area contributed by atoms with Crippen LogP contribution >= 0.6 is 0 Å². The lowest BCUT2D eigenvalue weighted by atomic mass is 10.1. The third kappa shape index (κ3) is 4.00. The number of hydrogen-bond donors (Lipinski definition) is 0. The zero-order chi connectivity index (χ0) is 18.5. The topological polar surface area (TPSA) is 57.1 Å². The fourth-order valence-electron chi connectivity index (χ4n) is 2.37. The molecule has 0 N–H and O–H groups in total. The van der Waals surface area contributed by atoms with Gasteiger partial charge in [0.05, 0.1) is 7.11 Å². The molecule has 2 aromatic rings. The van der Waals surface area contributed by atoms with Crippen molar-refractivity contribution in [1.29, 1.82) is 0 Å². The third-order valence-corrected chi connectivity index (χ3v) is 3.61. The first kappa shape index (κ1) is 17.5. The molecule has 1 heterocycles. The summed E-state index contributed by atoms with van der Waals surface area (Å²) < 4.78 is 16.3. The summed E-state index contributed by atoms with van der Waals surface area (Å²) in [5.41, 5.74) is 2.66. The van der Waals surface area contributed by atoms with Gasteiger partial charge in [0.2, 0.25) is 5.90 Å². The van der Waals surface area contributed by atoms with E-state index in [1.54, 1.807) is 25.3 Å². The summed E-state index contributed by atoms with van der Waals surface area (Å²) >= 11 is 0. The summed E-state index contributed by atoms with van der Waals surface area (Å²) in [7, 11) is 1.56. The molecule has 0 saturated heterocycles. The van der Waals surface area contributed by atoms with Gasteiger partial charge in [0.25, 0.3) is 0 Å². The van der Waals surface area contributed by atoms with Crippen molar-refractivity contribution in [3.8, 4) is 11.5 Å². The molecule has 0 aromatic heterocycles. The number of aliphatic imine (C=N–C) groups is 1. The Balaban J connectivity index is 1.86. The molecular weight excluding hydrogens is 330 g/mol. The van der Waals surface area contributed by atoms with Crippen LogP contribution in [-0.2, 0) is 9.53 Å². The van der Waals surface area contributed by atoms with Crippen LogP contribution in [0.25, 0.3) is 6.08 Å². The second kappa shape index (κ2) is 7.70. The lowest BCUT2D eigenvalue weighted by Gasteiger charge is -2.11. The van der Waals surface area contributed by atoms with Crippen LogP contribution in [-0.4, -0.2) is 25.6 Å². The summed E-state index contributed by atoms with van der Waals surface area (Å²) in [6.45, 7) is 6.11. The van der Waals surface area contributed by atoms with Crippen molar-refractivity contribution < 1.29 is 19.0 Å². The Hall–Kier alpha value is -3.34.